The van der Waals surface area contributed by atoms with Crippen LogP contribution in [0.25, 0.3) is 0 Å². The molecule has 2 aromatic heterocycles. The number of pyridine rings is 2. The van der Waals surface area contributed by atoms with Crippen molar-refractivity contribution in [3.05, 3.63) is 57.0 Å². The molecule has 2 aromatic rings. The molecule has 1 aliphatic heterocycles. The van der Waals surface area contributed by atoms with Gasteiger partial charge in [-0.2, -0.15) is 5.26 Å². The second-order valence-corrected chi connectivity index (χ2v) is 14.1. The van der Waals surface area contributed by atoms with Crippen LogP contribution in [0.3, 0.4) is 0 Å². The zero-order chi connectivity index (χ0) is 24.8. The Balaban J connectivity index is 0.000000461. The molecule has 0 bridgehead atoms. The summed E-state index contributed by atoms with van der Waals surface area (Å²) in [4.78, 5) is 12.3. The van der Waals surface area contributed by atoms with Gasteiger partial charge in [0.2, 0.25) is 5.90 Å². The monoisotopic (exact) mass is 659 g/mol. The van der Waals surface area contributed by atoms with Gasteiger partial charge in [0, 0.05) is 39.3 Å². The Kier molecular flexibility index (Phi) is 15.7. The molecule has 0 saturated carbocycles. The first-order chi connectivity index (χ1) is 14.9. The van der Waals surface area contributed by atoms with Gasteiger partial charge in [0.25, 0.3) is 0 Å². The average molecular weight is 664 g/mol. The number of aliphatic hydroxyl groups is 1. The molecule has 0 aromatic carbocycles. The molecule has 0 spiro atoms. The Bertz CT molecular complexity index is 906. The minimum atomic E-state index is -0.931. The molecule has 0 saturated heterocycles. The van der Waals surface area contributed by atoms with Gasteiger partial charge in [0.15, 0.2) is 0 Å². The quantitative estimate of drug-likeness (QED) is 0.427. The van der Waals surface area contributed by atoms with Crippen molar-refractivity contribution in [1.82, 2.24) is 9.97 Å². The van der Waals surface area contributed by atoms with Crippen LogP contribution in [0.15, 0.2) is 50.9 Å². The zero-order valence-electron chi connectivity index (χ0n) is 18.3. The summed E-state index contributed by atoms with van der Waals surface area (Å²) in [6, 6.07) is 5.64. The summed E-state index contributed by atoms with van der Waals surface area (Å²) >= 11 is 5.62. The summed E-state index contributed by atoms with van der Waals surface area (Å²) in [5, 5.41) is 16.6. The van der Waals surface area contributed by atoms with Gasteiger partial charge in [-0.1, -0.05) is 0 Å². The molecule has 7 nitrogen and oxygen atoms in total. The SMILES string of the molecule is CC(C)(N)CO.CC1(C)COC(c2cncc(Br)c2)=N1.N#Cc1cncc(Br)c1.[Cl][Zn][Cl]. The van der Waals surface area contributed by atoms with Crippen molar-refractivity contribution < 1.29 is 25.0 Å². The molecular formula is C20H25Br2Cl2N5O2Zn. The van der Waals surface area contributed by atoms with E-state index in [0.717, 1.165) is 14.5 Å². The number of aliphatic hydroxyl groups excluding tert-OH is 1. The van der Waals surface area contributed by atoms with Crippen molar-refractivity contribution in [2.45, 2.75) is 38.8 Å². The summed E-state index contributed by atoms with van der Waals surface area (Å²) in [5.74, 6) is 0.684. The van der Waals surface area contributed by atoms with Gasteiger partial charge in [-0.3, -0.25) is 9.97 Å². The molecule has 0 amide bonds. The van der Waals surface area contributed by atoms with Crippen LogP contribution in [-0.2, 0) is 19.9 Å². The number of nitrogens with two attached hydrogens (primary N) is 1. The summed E-state index contributed by atoms with van der Waals surface area (Å²) in [6.07, 6.45) is 6.65. The number of ether oxygens (including phenoxy) is 1. The van der Waals surface area contributed by atoms with E-state index in [1.54, 1.807) is 38.5 Å². The van der Waals surface area contributed by atoms with Gasteiger partial charge in [0.05, 0.1) is 23.3 Å². The molecule has 1 aliphatic rings. The predicted octanol–water partition coefficient (Wildman–Crippen LogP) is 5.21. The van der Waals surface area contributed by atoms with E-state index in [9.17, 15) is 0 Å². The van der Waals surface area contributed by atoms with Crippen molar-refractivity contribution in [3.8, 4) is 6.07 Å². The number of nitrogens with zero attached hydrogens (tertiary/aromatic N) is 4. The number of hydrogen-bond acceptors (Lipinski definition) is 7. The van der Waals surface area contributed by atoms with Gasteiger partial charge in [-0.25, -0.2) is 4.99 Å². The van der Waals surface area contributed by atoms with Gasteiger partial charge >= 0.3 is 34.5 Å². The van der Waals surface area contributed by atoms with Crippen LogP contribution in [-0.4, -0.2) is 45.3 Å². The molecule has 0 fully saturated rings. The van der Waals surface area contributed by atoms with Crippen LogP contribution in [0.4, 0.5) is 0 Å². The second-order valence-electron chi connectivity index (χ2n) is 7.66. The summed E-state index contributed by atoms with van der Waals surface area (Å²) in [6.45, 7) is 8.32. The molecule has 3 N–H and O–H groups in total. The molecule has 3 rings (SSSR count). The van der Waals surface area contributed by atoms with Crippen molar-refractivity contribution >= 4 is 57.1 Å². The van der Waals surface area contributed by atoms with E-state index in [-0.39, 0.29) is 12.1 Å². The van der Waals surface area contributed by atoms with E-state index in [4.69, 9.17) is 40.2 Å². The molecule has 0 atom stereocenters. The molecule has 0 radical (unpaired) electrons. The fraction of sp³-hybridized carbons (Fsp3) is 0.400. The molecule has 172 valence electrons. The maximum atomic E-state index is 8.35. The van der Waals surface area contributed by atoms with Gasteiger partial charge in [0.1, 0.15) is 12.7 Å². The van der Waals surface area contributed by atoms with Crippen LogP contribution < -0.4 is 5.73 Å². The Morgan fingerprint density at radius 1 is 1.19 bits per heavy atom. The van der Waals surface area contributed by atoms with E-state index >= 15 is 0 Å². The van der Waals surface area contributed by atoms with Crippen LogP contribution in [0.5, 0.6) is 0 Å². The first-order valence-electron chi connectivity index (χ1n) is 9.23. The van der Waals surface area contributed by atoms with Crippen LogP contribution >= 0.6 is 51.2 Å². The molecule has 0 unspecified atom stereocenters. The molecule has 32 heavy (non-hydrogen) atoms. The third-order valence-electron chi connectivity index (χ3n) is 3.16. The Morgan fingerprint density at radius 2 is 1.69 bits per heavy atom. The van der Waals surface area contributed by atoms with E-state index in [1.165, 1.54) is 6.20 Å². The summed E-state index contributed by atoms with van der Waals surface area (Å²) < 4.78 is 7.27. The van der Waals surface area contributed by atoms with Gasteiger partial charge in [-0.05, 0) is 71.7 Å². The van der Waals surface area contributed by atoms with Gasteiger partial charge in [-0.15, -0.1) is 0 Å². The van der Waals surface area contributed by atoms with Crippen molar-refractivity contribution in [2.75, 3.05) is 13.2 Å². The normalized spacial score (nSPS) is 13.2. The molecular weight excluding hydrogens is 638 g/mol. The summed E-state index contributed by atoms with van der Waals surface area (Å²) in [7, 11) is 9.90. The van der Waals surface area contributed by atoms with E-state index in [2.05, 4.69) is 46.8 Å². The number of nitriles is 1. The number of aliphatic imine (C=N–C) groups is 1. The molecule has 3 heterocycles. The Labute approximate surface area is 221 Å². The van der Waals surface area contributed by atoms with Crippen molar-refractivity contribution in [2.24, 2.45) is 10.7 Å². The predicted molar refractivity (Wildman–Crippen MR) is 132 cm³/mol. The fourth-order valence-electron chi connectivity index (χ4n) is 1.73. The second kappa shape index (κ2) is 16.1. The standard InChI is InChI=1S/C10H11BrN2O.C6H3BrN2.C4H11NO.2ClH.Zn/c1-10(2)6-14-9(13-10)7-3-8(11)5-12-4-7;7-6-1-5(2-8)3-9-4-6;1-4(2,5)3-6;;;/h3-5H,6H2,1-2H3;1,3-4H;6H,3,5H2,1-2H3;2*1H;/q;;;;;+2/p-2. The molecule has 12 heteroatoms. The molecule has 0 aliphatic carbocycles. The van der Waals surface area contributed by atoms with Crippen molar-refractivity contribution in [3.63, 3.8) is 0 Å². The van der Waals surface area contributed by atoms with E-state index in [1.807, 2.05) is 26.0 Å². The van der Waals surface area contributed by atoms with Crippen LogP contribution in [0, 0.1) is 11.3 Å². The number of halogens is 4. The van der Waals surface area contributed by atoms with Crippen molar-refractivity contribution in [1.29, 1.82) is 5.26 Å². The Morgan fingerprint density at radius 3 is 2.03 bits per heavy atom. The first kappa shape index (κ1) is 31.3. The van der Waals surface area contributed by atoms with Crippen LogP contribution in [0.2, 0.25) is 0 Å². The summed E-state index contributed by atoms with van der Waals surface area (Å²) in [5.41, 5.74) is 6.26. The number of aromatic nitrogens is 2. The number of hydrogen-bond donors (Lipinski definition) is 2. The van der Waals surface area contributed by atoms with E-state index in [0.29, 0.717) is 18.1 Å². The van der Waals surface area contributed by atoms with Gasteiger partial charge < -0.3 is 15.6 Å². The third-order valence-corrected chi connectivity index (χ3v) is 4.03. The van der Waals surface area contributed by atoms with Crippen LogP contribution in [0.1, 0.15) is 38.8 Å². The topological polar surface area (TPSA) is 117 Å². The average Bonchev–Trinajstić information content (AvgIpc) is 3.09. The minimum absolute atomic E-state index is 0.0486. The Hall–Kier alpha value is -0.657. The number of rotatable bonds is 2. The van der Waals surface area contributed by atoms with E-state index < -0.39 is 20.7 Å². The third kappa shape index (κ3) is 15.2. The maximum absolute atomic E-state index is 8.35. The zero-order valence-corrected chi connectivity index (χ0v) is 26.0. The first-order valence-corrected chi connectivity index (χ1v) is 18.6. The fourth-order valence-corrected chi connectivity index (χ4v) is 2.46.